The molecule has 7 rings (SSSR count). The van der Waals surface area contributed by atoms with Gasteiger partial charge in [0.1, 0.15) is 58.0 Å². The SMILES string of the molecule is CC(C)(C)OC(=O)Nc1sc2c(F)ccc(-c3c(F)cc4c(N5CCOC[C@@](C)(O)C5)nc(OC[C@@]56CCCN5C[C@H](F)C6)nc4c3F)c2c1C#N. The first-order valence-electron chi connectivity index (χ1n) is 17.0. The third-order valence-corrected chi connectivity index (χ3v) is 10.7. The monoisotopic (exact) mass is 742 g/mol. The van der Waals surface area contributed by atoms with Gasteiger partial charge in [0.05, 0.1) is 41.1 Å². The zero-order valence-electron chi connectivity index (χ0n) is 29.1. The van der Waals surface area contributed by atoms with Crippen LogP contribution in [0.4, 0.5) is 33.2 Å². The number of amides is 1. The highest BCUT2D eigenvalue weighted by molar-refractivity contribution is 7.23. The van der Waals surface area contributed by atoms with Gasteiger partial charge in [0.15, 0.2) is 5.82 Å². The molecule has 0 spiro atoms. The van der Waals surface area contributed by atoms with Crippen LogP contribution in [0.25, 0.3) is 32.1 Å². The van der Waals surface area contributed by atoms with E-state index in [4.69, 9.17) is 14.2 Å². The number of carbonyl (C=O) groups is 1. The highest BCUT2D eigenvalue weighted by Gasteiger charge is 2.49. The number of hydrogen-bond acceptors (Lipinski definition) is 11. The zero-order valence-corrected chi connectivity index (χ0v) is 29.9. The number of anilines is 2. The summed E-state index contributed by atoms with van der Waals surface area (Å²) in [5.41, 5.74) is -4.03. The van der Waals surface area contributed by atoms with Gasteiger partial charge in [-0.2, -0.15) is 15.2 Å². The van der Waals surface area contributed by atoms with Crippen molar-refractivity contribution >= 4 is 49.2 Å². The molecule has 0 bridgehead atoms. The molecule has 2 aromatic carbocycles. The van der Waals surface area contributed by atoms with Gasteiger partial charge in [-0.05, 0) is 64.8 Å². The van der Waals surface area contributed by atoms with E-state index in [1.165, 1.54) is 6.07 Å². The normalized spacial score (nSPS) is 23.8. The number of ether oxygens (including phenoxy) is 3. The van der Waals surface area contributed by atoms with Gasteiger partial charge in [-0.15, -0.1) is 11.3 Å². The second kappa shape index (κ2) is 13.3. The number of fused-ring (bicyclic) bond motifs is 3. The predicted octanol–water partition coefficient (Wildman–Crippen LogP) is 6.69. The molecule has 3 aliphatic heterocycles. The Bertz CT molecular complexity index is 2120. The number of alkyl halides is 1. The first kappa shape index (κ1) is 36.1. The number of nitrogens with one attached hydrogen (secondary N) is 1. The predicted molar refractivity (Wildman–Crippen MR) is 187 cm³/mol. The van der Waals surface area contributed by atoms with Gasteiger partial charge in [0, 0.05) is 30.3 Å². The molecular formula is C36H38F4N6O5S. The quantitative estimate of drug-likeness (QED) is 0.206. The van der Waals surface area contributed by atoms with E-state index in [0.717, 1.165) is 36.4 Å². The number of aromatic nitrogens is 2. The van der Waals surface area contributed by atoms with E-state index in [1.807, 2.05) is 6.07 Å². The third kappa shape index (κ3) is 6.70. The summed E-state index contributed by atoms with van der Waals surface area (Å²) in [7, 11) is 0. The summed E-state index contributed by atoms with van der Waals surface area (Å²) in [6.45, 7) is 8.04. The molecule has 0 radical (unpaired) electrons. The number of carbonyl (C=O) groups excluding carboxylic acids is 1. The molecule has 5 heterocycles. The van der Waals surface area contributed by atoms with E-state index in [9.17, 15) is 19.6 Å². The number of halogens is 4. The van der Waals surface area contributed by atoms with E-state index in [1.54, 1.807) is 32.6 Å². The van der Waals surface area contributed by atoms with E-state index < -0.39 is 52.0 Å². The van der Waals surface area contributed by atoms with Crippen molar-refractivity contribution in [1.82, 2.24) is 14.9 Å². The van der Waals surface area contributed by atoms with Gasteiger partial charge in [-0.1, -0.05) is 6.07 Å². The first-order valence-corrected chi connectivity index (χ1v) is 17.8. The number of rotatable bonds is 6. The average molecular weight is 743 g/mol. The van der Waals surface area contributed by atoms with E-state index >= 15 is 13.2 Å². The van der Waals surface area contributed by atoms with E-state index in [0.29, 0.717) is 13.0 Å². The molecule has 3 saturated heterocycles. The minimum Gasteiger partial charge on any atom is -0.461 e. The van der Waals surface area contributed by atoms with Crippen molar-refractivity contribution in [3.8, 4) is 23.2 Å². The van der Waals surface area contributed by atoms with Crippen molar-refractivity contribution in [2.45, 2.75) is 69.9 Å². The second-order valence-corrected chi connectivity index (χ2v) is 16.0. The van der Waals surface area contributed by atoms with Gasteiger partial charge < -0.3 is 24.2 Å². The summed E-state index contributed by atoms with van der Waals surface area (Å²) in [5.74, 6) is -2.85. The van der Waals surface area contributed by atoms with Crippen molar-refractivity contribution in [3.63, 3.8) is 0 Å². The van der Waals surface area contributed by atoms with Crippen LogP contribution < -0.4 is 15.0 Å². The van der Waals surface area contributed by atoms with Crippen molar-refractivity contribution in [1.29, 1.82) is 5.26 Å². The molecule has 276 valence electrons. The lowest BCUT2D eigenvalue weighted by atomic mass is 9.95. The molecule has 0 aliphatic carbocycles. The molecule has 11 nitrogen and oxygen atoms in total. The molecule has 4 aromatic rings. The number of aliphatic hydroxyl groups is 1. The summed E-state index contributed by atoms with van der Waals surface area (Å²) in [6.07, 6.45) is -0.0559. The molecule has 3 aliphatic rings. The smallest absolute Gasteiger partial charge is 0.412 e. The van der Waals surface area contributed by atoms with Crippen LogP contribution >= 0.6 is 11.3 Å². The standard InChI is InChI=1S/C36H38F4N6O5S/c1-34(2,3)51-33(47)44-31-22(14-41)25-20(6-7-23(38)29(25)52-31)26-24(39)12-21-28(27(26)40)42-32(43-30(21)45-10-11-49-17-35(4,48)16-45)50-18-36-8-5-9-46(36)15-19(37)13-36/h6-7,12,19,48H,5,8-11,13,15-18H2,1-4H3,(H,44,47)/t19-,35+,36+/m1/s1. The van der Waals surface area contributed by atoms with Crippen LogP contribution in [0.1, 0.15) is 52.5 Å². The Balaban J connectivity index is 1.38. The molecule has 1 amide bonds. The number of hydrogen-bond donors (Lipinski definition) is 2. The Morgan fingerprint density at radius 2 is 2.02 bits per heavy atom. The van der Waals surface area contributed by atoms with Crippen LogP contribution in [0.5, 0.6) is 6.01 Å². The Morgan fingerprint density at radius 3 is 2.77 bits per heavy atom. The molecule has 3 fully saturated rings. The van der Waals surface area contributed by atoms with Crippen molar-refractivity contribution in [3.05, 3.63) is 41.2 Å². The van der Waals surface area contributed by atoms with Gasteiger partial charge in [-0.3, -0.25) is 10.2 Å². The molecule has 16 heteroatoms. The summed E-state index contributed by atoms with van der Waals surface area (Å²) in [4.78, 5) is 25.3. The minimum absolute atomic E-state index is 0.0111. The fourth-order valence-corrected chi connectivity index (χ4v) is 8.58. The minimum atomic E-state index is -1.33. The fraction of sp³-hybridized carbons (Fsp3) is 0.500. The number of β-amino-alcohol motifs (C(OH)–C–C–N with tert-alkyl or cyclic N) is 1. The van der Waals surface area contributed by atoms with Crippen molar-refractivity contribution < 1.29 is 41.7 Å². The number of benzene rings is 2. The molecule has 2 aromatic heterocycles. The first-order chi connectivity index (χ1) is 24.6. The summed E-state index contributed by atoms with van der Waals surface area (Å²) < 4.78 is 80.2. The van der Waals surface area contributed by atoms with Crippen molar-refractivity contribution in [2.24, 2.45) is 0 Å². The fourth-order valence-electron chi connectivity index (χ4n) is 7.51. The molecule has 3 atom stereocenters. The Labute approximate surface area is 301 Å². The number of nitrogens with zero attached hydrogens (tertiary/aromatic N) is 5. The van der Waals surface area contributed by atoms with Gasteiger partial charge in [-0.25, -0.2) is 22.4 Å². The van der Waals surface area contributed by atoms with Crippen LogP contribution in [0.15, 0.2) is 18.2 Å². The largest absolute Gasteiger partial charge is 0.461 e. The van der Waals surface area contributed by atoms with Crippen LogP contribution in [0.3, 0.4) is 0 Å². The summed E-state index contributed by atoms with van der Waals surface area (Å²) in [6, 6.07) is 4.98. The van der Waals surface area contributed by atoms with Gasteiger partial charge >= 0.3 is 12.1 Å². The maximum atomic E-state index is 17.0. The molecule has 52 heavy (non-hydrogen) atoms. The van der Waals surface area contributed by atoms with Gasteiger partial charge in [0.2, 0.25) is 0 Å². The third-order valence-electron chi connectivity index (χ3n) is 9.61. The lowest BCUT2D eigenvalue weighted by molar-refractivity contribution is -0.0123. The molecular weight excluding hydrogens is 704 g/mol. The lowest BCUT2D eigenvalue weighted by Gasteiger charge is -2.31. The zero-order chi connectivity index (χ0) is 37.2. The van der Waals surface area contributed by atoms with Crippen molar-refractivity contribution in [2.75, 3.05) is 56.2 Å². The Morgan fingerprint density at radius 1 is 1.23 bits per heavy atom. The van der Waals surface area contributed by atoms with E-state index in [-0.39, 0.29) is 88.3 Å². The average Bonchev–Trinajstić information content (AvgIpc) is 3.67. The lowest BCUT2D eigenvalue weighted by Crippen LogP contribution is -2.44. The van der Waals surface area contributed by atoms with Crippen LogP contribution in [-0.2, 0) is 9.47 Å². The number of nitriles is 1. The number of thiophene rings is 1. The second-order valence-electron chi connectivity index (χ2n) is 15.0. The van der Waals surface area contributed by atoms with E-state index in [2.05, 4.69) is 20.2 Å². The van der Waals surface area contributed by atoms with Gasteiger partial charge in [0.25, 0.3) is 0 Å². The molecule has 0 unspecified atom stereocenters. The maximum Gasteiger partial charge on any atom is 0.412 e. The molecule has 0 saturated carbocycles. The maximum absolute atomic E-state index is 17.0. The summed E-state index contributed by atoms with van der Waals surface area (Å²) in [5, 5.41) is 23.4. The highest BCUT2D eigenvalue weighted by Crippen LogP contribution is 2.46. The van der Waals surface area contributed by atoms with Crippen LogP contribution in [0.2, 0.25) is 0 Å². The molecule has 2 N–H and O–H groups in total. The Hall–Kier alpha value is -4.30. The highest BCUT2D eigenvalue weighted by atomic mass is 32.1. The Kier molecular flexibility index (Phi) is 9.21. The van der Waals surface area contributed by atoms with Crippen LogP contribution in [-0.4, -0.2) is 95.0 Å². The summed E-state index contributed by atoms with van der Waals surface area (Å²) >= 11 is 0.732. The van der Waals surface area contributed by atoms with Crippen LogP contribution in [0, 0.1) is 28.8 Å². The topological polar surface area (TPSA) is 133 Å².